The molecule has 3 nitrogen and oxygen atoms in total. The third-order valence-electron chi connectivity index (χ3n) is 2.89. The van der Waals surface area contributed by atoms with E-state index in [2.05, 4.69) is 5.32 Å². The van der Waals surface area contributed by atoms with E-state index in [1.54, 1.807) is 31.2 Å². The van der Waals surface area contributed by atoms with Gasteiger partial charge >= 0.3 is 0 Å². The molecule has 0 aliphatic rings. The van der Waals surface area contributed by atoms with Crippen molar-refractivity contribution in [3.05, 3.63) is 39.9 Å². The summed E-state index contributed by atoms with van der Waals surface area (Å²) >= 11 is 11.9. The van der Waals surface area contributed by atoms with Gasteiger partial charge in [0, 0.05) is 12.6 Å². The molecular weight excluding hydrogens is 309 g/mol. The van der Waals surface area contributed by atoms with Crippen LogP contribution < -0.4 is 5.32 Å². The molecule has 2 N–H and O–H groups in total. The molecule has 0 aromatic heterocycles. The number of aliphatic hydroxyl groups is 1. The topological polar surface area (TPSA) is 49.3 Å². The highest BCUT2D eigenvalue weighted by Crippen LogP contribution is 2.26. The van der Waals surface area contributed by atoms with Gasteiger partial charge in [0.05, 0.1) is 15.6 Å². The van der Waals surface area contributed by atoms with Crippen molar-refractivity contribution in [2.75, 3.05) is 6.54 Å². The molecule has 0 saturated heterocycles. The van der Waals surface area contributed by atoms with Crippen molar-refractivity contribution < 1.29 is 9.90 Å². The van der Waals surface area contributed by atoms with Crippen molar-refractivity contribution in [3.63, 3.8) is 0 Å². The zero-order chi connectivity index (χ0) is 16.0. The minimum Gasteiger partial charge on any atom is -0.388 e. The number of carbonyl (C=O) groups is 1. The predicted molar refractivity (Wildman–Crippen MR) is 88.6 cm³/mol. The van der Waals surface area contributed by atoms with Crippen LogP contribution in [0.1, 0.15) is 32.8 Å². The van der Waals surface area contributed by atoms with E-state index in [1.165, 1.54) is 6.08 Å². The number of hydrogen-bond acceptors (Lipinski definition) is 2. The summed E-state index contributed by atoms with van der Waals surface area (Å²) in [5, 5.41) is 13.7. The first-order valence-corrected chi connectivity index (χ1v) is 7.59. The molecule has 0 saturated carbocycles. The molecule has 0 bridgehead atoms. The van der Waals surface area contributed by atoms with Gasteiger partial charge in [-0.1, -0.05) is 49.2 Å². The first-order valence-electron chi connectivity index (χ1n) is 6.83. The highest BCUT2D eigenvalue weighted by Gasteiger charge is 2.21. The van der Waals surface area contributed by atoms with E-state index in [0.29, 0.717) is 27.9 Å². The number of rotatable bonds is 6. The van der Waals surface area contributed by atoms with Crippen LogP contribution >= 0.6 is 23.2 Å². The number of nitrogens with one attached hydrogen (secondary N) is 1. The lowest BCUT2D eigenvalue weighted by Crippen LogP contribution is -2.40. The summed E-state index contributed by atoms with van der Waals surface area (Å²) in [5.41, 5.74) is -0.237. The van der Waals surface area contributed by atoms with Crippen molar-refractivity contribution in [2.45, 2.75) is 32.8 Å². The summed E-state index contributed by atoms with van der Waals surface area (Å²) in [6.07, 6.45) is 3.60. The zero-order valence-corrected chi connectivity index (χ0v) is 14.0. The first-order chi connectivity index (χ1) is 9.71. The monoisotopic (exact) mass is 329 g/mol. The number of carbonyl (C=O) groups excluding carboxylic acids is 1. The SMILES string of the molecule is CC(C)CC(C)(O)CNC(=O)C=Cc1cccc(Cl)c1Cl. The minimum atomic E-state index is -0.911. The third kappa shape index (κ3) is 6.51. The van der Waals surface area contributed by atoms with Gasteiger partial charge in [0.15, 0.2) is 0 Å². The van der Waals surface area contributed by atoms with E-state index in [-0.39, 0.29) is 12.5 Å². The van der Waals surface area contributed by atoms with Gasteiger partial charge in [-0.15, -0.1) is 0 Å². The van der Waals surface area contributed by atoms with Crippen LogP contribution in [0.5, 0.6) is 0 Å². The van der Waals surface area contributed by atoms with E-state index in [4.69, 9.17) is 23.2 Å². The fraction of sp³-hybridized carbons (Fsp3) is 0.438. The fourth-order valence-electron chi connectivity index (χ4n) is 2.10. The first kappa shape index (κ1) is 18.0. The molecule has 5 heteroatoms. The summed E-state index contributed by atoms with van der Waals surface area (Å²) in [4.78, 5) is 11.8. The van der Waals surface area contributed by atoms with E-state index in [9.17, 15) is 9.90 Å². The van der Waals surface area contributed by atoms with Crippen LogP contribution in [-0.4, -0.2) is 23.2 Å². The second-order valence-corrected chi connectivity index (χ2v) is 6.57. The van der Waals surface area contributed by atoms with Gasteiger partial charge < -0.3 is 10.4 Å². The summed E-state index contributed by atoms with van der Waals surface area (Å²) in [6, 6.07) is 5.22. The predicted octanol–water partition coefficient (Wildman–Crippen LogP) is 3.92. The van der Waals surface area contributed by atoms with Gasteiger partial charge in [-0.25, -0.2) is 0 Å². The third-order valence-corrected chi connectivity index (χ3v) is 3.72. The minimum absolute atomic E-state index is 0.206. The maximum atomic E-state index is 11.8. The molecule has 0 fully saturated rings. The highest BCUT2D eigenvalue weighted by molar-refractivity contribution is 6.42. The molecule has 0 radical (unpaired) electrons. The van der Waals surface area contributed by atoms with E-state index >= 15 is 0 Å². The van der Waals surface area contributed by atoms with Gasteiger partial charge in [-0.3, -0.25) is 4.79 Å². The molecule has 0 aliphatic carbocycles. The second-order valence-electron chi connectivity index (χ2n) is 5.79. The van der Waals surface area contributed by atoms with Crippen molar-refractivity contribution in [3.8, 4) is 0 Å². The summed E-state index contributed by atoms with van der Waals surface area (Å²) in [5.74, 6) is 0.0767. The van der Waals surface area contributed by atoms with E-state index in [0.717, 1.165) is 0 Å². The lowest BCUT2D eigenvalue weighted by atomic mass is 9.94. The number of benzene rings is 1. The maximum absolute atomic E-state index is 11.8. The molecule has 116 valence electrons. The molecule has 21 heavy (non-hydrogen) atoms. The van der Waals surface area contributed by atoms with Crippen LogP contribution in [0.15, 0.2) is 24.3 Å². The standard InChI is InChI=1S/C16H21Cl2NO2/c1-11(2)9-16(3,21)10-19-14(20)8-7-12-5-4-6-13(17)15(12)18/h4-8,11,21H,9-10H2,1-3H3,(H,19,20). The Morgan fingerprint density at radius 3 is 2.71 bits per heavy atom. The van der Waals surface area contributed by atoms with Crippen LogP contribution in [0.2, 0.25) is 10.0 Å². The molecule has 1 unspecified atom stereocenters. The zero-order valence-electron chi connectivity index (χ0n) is 12.5. The van der Waals surface area contributed by atoms with Crippen LogP contribution in [0, 0.1) is 5.92 Å². The van der Waals surface area contributed by atoms with Crippen molar-refractivity contribution in [1.82, 2.24) is 5.32 Å². The smallest absolute Gasteiger partial charge is 0.244 e. The van der Waals surface area contributed by atoms with Crippen LogP contribution in [0.4, 0.5) is 0 Å². The Bertz CT molecular complexity index is 525. The largest absolute Gasteiger partial charge is 0.388 e. The molecule has 0 spiro atoms. The molecule has 1 aromatic carbocycles. The van der Waals surface area contributed by atoms with Gasteiger partial charge in [-0.05, 0) is 37.0 Å². The average Bonchev–Trinajstić information content (AvgIpc) is 2.37. The lowest BCUT2D eigenvalue weighted by Gasteiger charge is -2.25. The number of amides is 1. The van der Waals surface area contributed by atoms with Crippen molar-refractivity contribution >= 4 is 35.2 Å². The molecular formula is C16H21Cl2NO2. The maximum Gasteiger partial charge on any atom is 0.244 e. The molecule has 1 atom stereocenters. The summed E-state index contributed by atoms with van der Waals surface area (Å²) < 4.78 is 0. The van der Waals surface area contributed by atoms with Crippen LogP contribution in [0.25, 0.3) is 6.08 Å². The Labute approximate surface area is 136 Å². The normalized spacial score (nSPS) is 14.4. The Morgan fingerprint density at radius 1 is 1.43 bits per heavy atom. The van der Waals surface area contributed by atoms with Crippen molar-refractivity contribution in [1.29, 1.82) is 0 Å². The Kier molecular flexibility index (Phi) is 6.72. The Hall–Kier alpha value is -1.03. The number of halogens is 2. The molecule has 0 aliphatic heterocycles. The molecule has 1 rings (SSSR count). The Balaban J connectivity index is 2.58. The van der Waals surface area contributed by atoms with Gasteiger partial charge in [0.2, 0.25) is 5.91 Å². The van der Waals surface area contributed by atoms with Gasteiger partial charge in [0.1, 0.15) is 0 Å². The van der Waals surface area contributed by atoms with Crippen LogP contribution in [-0.2, 0) is 4.79 Å². The van der Waals surface area contributed by atoms with E-state index < -0.39 is 5.60 Å². The quantitative estimate of drug-likeness (QED) is 0.777. The lowest BCUT2D eigenvalue weighted by molar-refractivity contribution is -0.117. The van der Waals surface area contributed by atoms with Crippen molar-refractivity contribution in [2.24, 2.45) is 5.92 Å². The highest BCUT2D eigenvalue weighted by atomic mass is 35.5. The van der Waals surface area contributed by atoms with Gasteiger partial charge in [-0.2, -0.15) is 0 Å². The number of hydrogen-bond donors (Lipinski definition) is 2. The summed E-state index contributed by atoms with van der Waals surface area (Å²) in [6.45, 7) is 5.97. The van der Waals surface area contributed by atoms with E-state index in [1.807, 2.05) is 13.8 Å². The average molecular weight is 330 g/mol. The van der Waals surface area contributed by atoms with Gasteiger partial charge in [0.25, 0.3) is 0 Å². The fourth-order valence-corrected chi connectivity index (χ4v) is 2.47. The molecule has 0 heterocycles. The summed E-state index contributed by atoms with van der Waals surface area (Å²) in [7, 11) is 0. The molecule has 1 amide bonds. The Morgan fingerprint density at radius 2 is 2.10 bits per heavy atom. The second kappa shape index (κ2) is 7.83. The van der Waals surface area contributed by atoms with Crippen LogP contribution in [0.3, 0.4) is 0 Å². The molecule has 1 aromatic rings.